The number of nitrogens with one attached hydrogen (secondary N) is 2. The average molecular weight is 288 g/mol. The van der Waals surface area contributed by atoms with Gasteiger partial charge in [0.1, 0.15) is 0 Å². The molecular weight excluding hydrogens is 272 g/mol. The van der Waals surface area contributed by atoms with Crippen LogP contribution in [0.15, 0.2) is 24.3 Å². The summed E-state index contributed by atoms with van der Waals surface area (Å²) in [6, 6.07) is 6.33. The molecule has 106 valence electrons. The largest absolute Gasteiger partial charge is 0.449 e. The molecule has 0 aliphatic heterocycles. The van der Waals surface area contributed by atoms with Crippen molar-refractivity contribution in [3.63, 3.8) is 0 Å². The molecule has 19 heavy (non-hydrogen) atoms. The van der Waals surface area contributed by atoms with Crippen LogP contribution in [0.4, 0.5) is 10.5 Å². The predicted molar refractivity (Wildman–Crippen MR) is 69.8 cm³/mol. The molecule has 0 bridgehead atoms. The van der Waals surface area contributed by atoms with E-state index in [-0.39, 0.29) is 12.3 Å². The van der Waals surface area contributed by atoms with Gasteiger partial charge in [0, 0.05) is 5.56 Å². The van der Waals surface area contributed by atoms with Crippen LogP contribution >= 0.6 is 0 Å². The Kier molecular flexibility index (Phi) is 5.13. The van der Waals surface area contributed by atoms with Gasteiger partial charge in [0.15, 0.2) is 0 Å². The number of aliphatic hydroxyl groups is 1. The molecule has 0 aliphatic carbocycles. The number of aliphatic hydroxyl groups excluding tert-OH is 1. The van der Waals surface area contributed by atoms with Crippen LogP contribution in [0.3, 0.4) is 0 Å². The zero-order valence-corrected chi connectivity index (χ0v) is 11.4. The molecule has 1 aromatic carbocycles. The van der Waals surface area contributed by atoms with Crippen molar-refractivity contribution >= 4 is 22.0 Å². The van der Waals surface area contributed by atoms with Crippen molar-refractivity contribution < 1.29 is 23.1 Å². The number of ether oxygens (including phenoxy) is 1. The van der Waals surface area contributed by atoms with Crippen molar-refractivity contribution in [2.24, 2.45) is 0 Å². The highest BCUT2D eigenvalue weighted by Crippen LogP contribution is 2.22. The zero-order valence-electron chi connectivity index (χ0n) is 10.6. The van der Waals surface area contributed by atoms with Gasteiger partial charge in [0.05, 0.1) is 18.4 Å². The molecular formula is C11H16N2O5S. The van der Waals surface area contributed by atoms with Gasteiger partial charge < -0.3 is 9.84 Å². The minimum Gasteiger partial charge on any atom is -0.449 e. The summed E-state index contributed by atoms with van der Waals surface area (Å²) >= 11 is 0. The standard InChI is InChI=1S/C11H16N2O5S/c1-3-18-11(15)13-19(16,17)12-10-7-5-4-6-9(10)8(2)14/h4-8,12,14H,3H2,1-2H3,(H,13,15). The van der Waals surface area contributed by atoms with E-state index in [9.17, 15) is 18.3 Å². The van der Waals surface area contributed by atoms with Crippen molar-refractivity contribution in [1.29, 1.82) is 0 Å². The van der Waals surface area contributed by atoms with E-state index in [0.717, 1.165) is 0 Å². The number of para-hydroxylation sites is 1. The maximum Gasteiger partial charge on any atom is 0.422 e. The SMILES string of the molecule is CCOC(=O)NS(=O)(=O)Nc1ccccc1C(C)O. The van der Waals surface area contributed by atoms with Gasteiger partial charge in [0.25, 0.3) is 0 Å². The Hall–Kier alpha value is -1.80. The van der Waals surface area contributed by atoms with E-state index in [4.69, 9.17) is 0 Å². The average Bonchev–Trinajstić information content (AvgIpc) is 2.28. The number of hydrogen-bond acceptors (Lipinski definition) is 5. The maximum absolute atomic E-state index is 11.7. The van der Waals surface area contributed by atoms with E-state index >= 15 is 0 Å². The lowest BCUT2D eigenvalue weighted by molar-refractivity contribution is 0.159. The van der Waals surface area contributed by atoms with Crippen molar-refractivity contribution in [2.45, 2.75) is 20.0 Å². The van der Waals surface area contributed by atoms with E-state index in [2.05, 4.69) is 9.46 Å². The number of hydrogen-bond donors (Lipinski definition) is 3. The lowest BCUT2D eigenvalue weighted by Gasteiger charge is -2.14. The molecule has 0 saturated carbocycles. The number of benzene rings is 1. The lowest BCUT2D eigenvalue weighted by Crippen LogP contribution is -2.36. The van der Waals surface area contributed by atoms with Crippen LogP contribution in [0.5, 0.6) is 0 Å². The highest BCUT2D eigenvalue weighted by molar-refractivity contribution is 7.91. The predicted octanol–water partition coefficient (Wildman–Crippen LogP) is 1.14. The zero-order chi connectivity index (χ0) is 14.5. The molecule has 1 amide bonds. The fourth-order valence-electron chi connectivity index (χ4n) is 1.39. The van der Waals surface area contributed by atoms with Crippen LogP contribution in [0.2, 0.25) is 0 Å². The summed E-state index contributed by atoms with van der Waals surface area (Å²) in [7, 11) is -4.10. The van der Waals surface area contributed by atoms with Crippen LogP contribution in [0.25, 0.3) is 0 Å². The van der Waals surface area contributed by atoms with Gasteiger partial charge in [0.2, 0.25) is 0 Å². The molecule has 0 radical (unpaired) electrons. The quantitative estimate of drug-likeness (QED) is 0.753. The van der Waals surface area contributed by atoms with Gasteiger partial charge in [-0.25, -0.2) is 9.52 Å². The second-order valence-corrected chi connectivity index (χ2v) is 5.11. The van der Waals surface area contributed by atoms with Gasteiger partial charge in [-0.15, -0.1) is 0 Å². The number of rotatable bonds is 5. The molecule has 0 saturated heterocycles. The summed E-state index contributed by atoms with van der Waals surface area (Å²) in [5.41, 5.74) is 0.589. The summed E-state index contributed by atoms with van der Waals surface area (Å²) in [6.07, 6.45) is -1.91. The van der Waals surface area contributed by atoms with Crippen molar-refractivity contribution in [2.75, 3.05) is 11.3 Å². The van der Waals surface area contributed by atoms with Crippen LogP contribution in [0.1, 0.15) is 25.5 Å². The molecule has 0 aromatic heterocycles. The second-order valence-electron chi connectivity index (χ2n) is 3.69. The Balaban J connectivity index is 2.87. The summed E-state index contributed by atoms with van der Waals surface area (Å²) in [4.78, 5) is 11.1. The normalized spacial score (nSPS) is 12.6. The molecule has 8 heteroatoms. The molecule has 3 N–H and O–H groups in total. The van der Waals surface area contributed by atoms with E-state index in [1.54, 1.807) is 29.8 Å². The first-order chi connectivity index (χ1) is 8.85. The first-order valence-electron chi connectivity index (χ1n) is 5.60. The monoisotopic (exact) mass is 288 g/mol. The van der Waals surface area contributed by atoms with Gasteiger partial charge in [-0.3, -0.25) is 4.72 Å². The number of carbonyl (C=O) groups is 1. The molecule has 0 aliphatic rings. The smallest absolute Gasteiger partial charge is 0.422 e. The molecule has 0 heterocycles. The van der Waals surface area contributed by atoms with Crippen LogP contribution < -0.4 is 9.44 Å². The Morgan fingerprint density at radius 2 is 2.05 bits per heavy atom. The summed E-state index contributed by atoms with van der Waals surface area (Å²) in [5.74, 6) is 0. The maximum atomic E-state index is 11.7. The molecule has 1 unspecified atom stereocenters. The third-order valence-corrected chi connectivity index (χ3v) is 3.07. The molecule has 0 fully saturated rings. The number of amides is 1. The Bertz CT molecular complexity index is 542. The van der Waals surface area contributed by atoms with Crippen LogP contribution in [0, 0.1) is 0 Å². The lowest BCUT2D eigenvalue weighted by atomic mass is 10.1. The molecule has 0 spiro atoms. The fraction of sp³-hybridized carbons (Fsp3) is 0.364. The highest BCUT2D eigenvalue weighted by atomic mass is 32.2. The summed E-state index contributed by atoms with van der Waals surface area (Å²) < 4.78 is 31.6. The third-order valence-electron chi connectivity index (χ3n) is 2.15. The molecule has 1 aromatic rings. The van der Waals surface area contributed by atoms with Gasteiger partial charge in [-0.05, 0) is 19.9 Å². The second kappa shape index (κ2) is 6.39. The first kappa shape index (κ1) is 15.3. The van der Waals surface area contributed by atoms with E-state index in [1.807, 2.05) is 0 Å². The van der Waals surface area contributed by atoms with Crippen molar-refractivity contribution in [3.8, 4) is 0 Å². The molecule has 1 rings (SSSR count). The minimum atomic E-state index is -4.10. The topological polar surface area (TPSA) is 105 Å². The van der Waals surface area contributed by atoms with Crippen molar-refractivity contribution in [1.82, 2.24) is 4.72 Å². The molecule has 1 atom stereocenters. The van der Waals surface area contributed by atoms with Gasteiger partial charge in [-0.1, -0.05) is 18.2 Å². The molecule has 7 nitrogen and oxygen atoms in total. The first-order valence-corrected chi connectivity index (χ1v) is 7.08. The van der Waals surface area contributed by atoms with Crippen molar-refractivity contribution in [3.05, 3.63) is 29.8 Å². The van der Waals surface area contributed by atoms with E-state index in [0.29, 0.717) is 5.56 Å². The van der Waals surface area contributed by atoms with Crippen LogP contribution in [-0.4, -0.2) is 26.2 Å². The van der Waals surface area contributed by atoms with Gasteiger partial charge in [-0.2, -0.15) is 8.42 Å². The van der Waals surface area contributed by atoms with E-state index < -0.39 is 22.4 Å². The fourth-order valence-corrected chi connectivity index (χ4v) is 2.20. The Morgan fingerprint density at radius 1 is 1.42 bits per heavy atom. The van der Waals surface area contributed by atoms with Gasteiger partial charge >= 0.3 is 16.3 Å². The number of carbonyl (C=O) groups excluding carboxylic acids is 1. The minimum absolute atomic E-state index is 0.0611. The Morgan fingerprint density at radius 3 is 2.63 bits per heavy atom. The highest BCUT2D eigenvalue weighted by Gasteiger charge is 2.17. The van der Waals surface area contributed by atoms with E-state index in [1.165, 1.54) is 13.0 Å². The van der Waals surface area contributed by atoms with Crippen LogP contribution in [-0.2, 0) is 14.9 Å². The third kappa shape index (κ3) is 4.76. The summed E-state index contributed by atoms with van der Waals surface area (Å²) in [5, 5.41) is 9.52. The summed E-state index contributed by atoms with van der Waals surface area (Å²) in [6.45, 7) is 3.12. The Labute approximate surface area is 111 Å². The number of anilines is 1.